The Balaban J connectivity index is 4.40. The van der Waals surface area contributed by atoms with Crippen LogP contribution in [0.1, 0.15) is 0 Å². The average molecular weight is 261 g/mol. The molecule has 0 saturated heterocycles. The molecule has 0 radical (unpaired) electrons. The third-order valence-corrected chi connectivity index (χ3v) is 1.64. The lowest BCUT2D eigenvalue weighted by atomic mass is 10.4. The number of esters is 1. The highest BCUT2D eigenvalue weighted by molar-refractivity contribution is 6.68. The quantitative estimate of drug-likeness (QED) is 0.327. The Morgan fingerprint density at radius 3 is 2.43 bits per heavy atom. The third-order valence-electron chi connectivity index (χ3n) is 1.05. The highest BCUT2D eigenvalue weighted by Gasteiger charge is 2.41. The van der Waals surface area contributed by atoms with Gasteiger partial charge in [0.2, 0.25) is 9.90 Å². The van der Waals surface area contributed by atoms with Gasteiger partial charge in [-0.3, -0.25) is 4.79 Å². The van der Waals surface area contributed by atoms with Gasteiger partial charge in [-0.1, -0.05) is 47.5 Å². The van der Waals surface area contributed by atoms with Gasteiger partial charge in [0, 0.05) is 0 Å². The van der Waals surface area contributed by atoms with Gasteiger partial charge in [0.15, 0.2) is 0 Å². The number of alkyl halides is 3. The van der Waals surface area contributed by atoms with E-state index < -0.39 is 15.9 Å². The topological polar surface area (TPSA) is 52.6 Å². The number of hydrogen-bond donors (Lipinski definition) is 0. The zero-order valence-electron chi connectivity index (χ0n) is 6.91. The van der Waals surface area contributed by atoms with Crippen molar-refractivity contribution in [2.45, 2.75) is 9.90 Å². The van der Waals surface area contributed by atoms with Crippen molar-refractivity contribution in [3.8, 4) is 0 Å². The second-order valence-corrected chi connectivity index (χ2v) is 4.44. The van der Waals surface area contributed by atoms with Crippen LogP contribution in [0.4, 0.5) is 0 Å². The molecule has 0 saturated carbocycles. The van der Waals surface area contributed by atoms with E-state index in [-0.39, 0.29) is 13.1 Å². The average Bonchev–Trinajstić information content (AvgIpc) is 2.08. The Morgan fingerprint density at radius 1 is 1.50 bits per heavy atom. The normalized spacial score (nSPS) is 12.8. The molecule has 0 aliphatic carbocycles. The molecular weight excluding hydrogens is 254 g/mol. The first-order valence-corrected chi connectivity index (χ1v) is 4.50. The van der Waals surface area contributed by atoms with Crippen LogP contribution >= 0.6 is 34.8 Å². The lowest BCUT2D eigenvalue weighted by Crippen LogP contribution is -2.38. The van der Waals surface area contributed by atoms with Crippen LogP contribution in [-0.4, -0.2) is 28.9 Å². The first kappa shape index (κ1) is 13.5. The molecule has 0 rings (SSSR count). The number of carbonyl (C=O) groups is 2. The summed E-state index contributed by atoms with van der Waals surface area (Å²) in [5.41, 5.74) is 0. The molecule has 0 spiro atoms. The van der Waals surface area contributed by atoms with Crippen LogP contribution in [-0.2, 0) is 19.1 Å². The van der Waals surface area contributed by atoms with E-state index in [0.717, 1.165) is 0 Å². The molecule has 1 unspecified atom stereocenters. The summed E-state index contributed by atoms with van der Waals surface area (Å²) in [7, 11) is 0. The minimum absolute atomic E-state index is 0.00171. The maximum absolute atomic E-state index is 11.1. The molecule has 0 bridgehead atoms. The molecule has 80 valence electrons. The molecule has 0 aromatic heterocycles. The van der Waals surface area contributed by atoms with Crippen molar-refractivity contribution in [1.29, 1.82) is 0 Å². The van der Waals surface area contributed by atoms with E-state index >= 15 is 0 Å². The minimum atomic E-state index is -2.06. The van der Waals surface area contributed by atoms with E-state index in [4.69, 9.17) is 34.8 Å². The summed E-state index contributed by atoms with van der Waals surface area (Å²) in [6, 6.07) is 0. The standard InChI is InChI=1S/C7H7Cl3O4/c1-2-3-13-6(12)5(14-4-11)7(8,9)10/h2,4-5H,1,3H2. The van der Waals surface area contributed by atoms with Crippen molar-refractivity contribution in [3.63, 3.8) is 0 Å². The zero-order valence-corrected chi connectivity index (χ0v) is 9.18. The van der Waals surface area contributed by atoms with Crippen LogP contribution in [0.2, 0.25) is 0 Å². The van der Waals surface area contributed by atoms with Crippen molar-refractivity contribution in [1.82, 2.24) is 0 Å². The SMILES string of the molecule is C=CCOC(=O)C(OC=O)C(Cl)(Cl)Cl. The van der Waals surface area contributed by atoms with Crippen molar-refractivity contribution in [3.05, 3.63) is 12.7 Å². The molecule has 0 aromatic rings. The number of carbonyl (C=O) groups excluding carboxylic acids is 2. The molecule has 0 N–H and O–H groups in total. The highest BCUT2D eigenvalue weighted by atomic mass is 35.6. The Morgan fingerprint density at radius 2 is 2.07 bits per heavy atom. The smallest absolute Gasteiger partial charge is 0.352 e. The van der Waals surface area contributed by atoms with E-state index in [1.165, 1.54) is 6.08 Å². The summed E-state index contributed by atoms with van der Waals surface area (Å²) in [6.45, 7) is 3.26. The van der Waals surface area contributed by atoms with Gasteiger partial charge >= 0.3 is 5.97 Å². The van der Waals surface area contributed by atoms with Crippen molar-refractivity contribution >= 4 is 47.2 Å². The van der Waals surface area contributed by atoms with E-state index in [9.17, 15) is 9.59 Å². The summed E-state index contributed by atoms with van der Waals surface area (Å²) < 4.78 is 6.76. The molecule has 0 amide bonds. The first-order chi connectivity index (χ1) is 6.43. The second-order valence-electron chi connectivity index (χ2n) is 2.07. The van der Waals surface area contributed by atoms with E-state index in [0.29, 0.717) is 0 Å². The summed E-state index contributed by atoms with van der Waals surface area (Å²) in [5, 5.41) is 0. The molecular formula is C7H7Cl3O4. The fourth-order valence-electron chi connectivity index (χ4n) is 0.539. The maximum atomic E-state index is 11.1. The number of ether oxygens (including phenoxy) is 2. The third kappa shape index (κ3) is 4.69. The predicted molar refractivity (Wildman–Crippen MR) is 52.4 cm³/mol. The largest absolute Gasteiger partial charge is 0.459 e. The van der Waals surface area contributed by atoms with Crippen LogP contribution in [0.25, 0.3) is 0 Å². The van der Waals surface area contributed by atoms with Gasteiger partial charge in [0.1, 0.15) is 6.61 Å². The van der Waals surface area contributed by atoms with E-state index in [1.54, 1.807) is 0 Å². The summed E-state index contributed by atoms with van der Waals surface area (Å²) in [4.78, 5) is 21.1. The molecule has 0 aliphatic heterocycles. The highest BCUT2D eigenvalue weighted by Crippen LogP contribution is 2.32. The maximum Gasteiger partial charge on any atom is 0.352 e. The number of hydrogen-bond acceptors (Lipinski definition) is 4. The molecule has 7 heteroatoms. The fraction of sp³-hybridized carbons (Fsp3) is 0.429. The molecule has 1 atom stereocenters. The molecule has 0 fully saturated rings. The van der Waals surface area contributed by atoms with Gasteiger partial charge in [-0.15, -0.1) is 0 Å². The van der Waals surface area contributed by atoms with Crippen LogP contribution in [0, 0.1) is 0 Å². The van der Waals surface area contributed by atoms with Gasteiger partial charge in [-0.2, -0.15) is 0 Å². The van der Waals surface area contributed by atoms with Gasteiger partial charge in [-0.25, -0.2) is 4.79 Å². The predicted octanol–water partition coefficient (Wildman–Crippen LogP) is 1.63. The number of rotatable bonds is 5. The first-order valence-electron chi connectivity index (χ1n) is 3.36. The van der Waals surface area contributed by atoms with Crippen LogP contribution in [0.3, 0.4) is 0 Å². The van der Waals surface area contributed by atoms with Crippen LogP contribution in [0.5, 0.6) is 0 Å². The van der Waals surface area contributed by atoms with Gasteiger partial charge in [0.05, 0.1) is 0 Å². The minimum Gasteiger partial charge on any atom is -0.459 e. The molecule has 0 heterocycles. The van der Waals surface area contributed by atoms with Crippen molar-refractivity contribution in [2.24, 2.45) is 0 Å². The number of halogens is 3. The van der Waals surface area contributed by atoms with Gasteiger partial charge in [-0.05, 0) is 0 Å². The molecule has 0 aromatic carbocycles. The van der Waals surface area contributed by atoms with Crippen molar-refractivity contribution in [2.75, 3.05) is 6.61 Å². The van der Waals surface area contributed by atoms with Crippen LogP contribution in [0.15, 0.2) is 12.7 Å². The lowest BCUT2D eigenvalue weighted by molar-refractivity contribution is -0.160. The summed E-state index contributed by atoms with van der Waals surface area (Å²) in [5.74, 6) is -0.947. The zero-order chi connectivity index (χ0) is 11.2. The molecule has 0 aliphatic rings. The van der Waals surface area contributed by atoms with Gasteiger partial charge < -0.3 is 9.47 Å². The Kier molecular flexibility index (Phi) is 5.92. The van der Waals surface area contributed by atoms with Crippen LogP contribution < -0.4 is 0 Å². The van der Waals surface area contributed by atoms with Gasteiger partial charge in [0.25, 0.3) is 6.47 Å². The Labute approximate surface area is 95.7 Å². The monoisotopic (exact) mass is 260 g/mol. The summed E-state index contributed by atoms with van der Waals surface area (Å²) in [6.07, 6.45) is -0.251. The fourth-order valence-corrected chi connectivity index (χ4v) is 0.960. The Hall–Kier alpha value is -0.450. The lowest BCUT2D eigenvalue weighted by Gasteiger charge is -2.20. The molecule has 4 nitrogen and oxygen atoms in total. The molecule has 14 heavy (non-hydrogen) atoms. The van der Waals surface area contributed by atoms with E-state index in [1.807, 2.05) is 0 Å². The summed E-state index contributed by atoms with van der Waals surface area (Å²) >= 11 is 16.1. The second kappa shape index (κ2) is 6.11. The Bertz CT molecular complexity index is 223. The van der Waals surface area contributed by atoms with Crippen molar-refractivity contribution < 1.29 is 19.1 Å². The van der Waals surface area contributed by atoms with E-state index in [2.05, 4.69) is 16.1 Å².